The van der Waals surface area contributed by atoms with Gasteiger partial charge in [0, 0.05) is 18.1 Å². The molecule has 1 heterocycles. The number of pyridine rings is 1. The summed E-state index contributed by atoms with van der Waals surface area (Å²) >= 11 is 0. The van der Waals surface area contributed by atoms with Crippen LogP contribution in [0, 0.1) is 0 Å². The molecule has 1 rings (SSSR count). The Kier molecular flexibility index (Phi) is 22.8. The van der Waals surface area contributed by atoms with E-state index in [4.69, 9.17) is 0 Å². The summed E-state index contributed by atoms with van der Waals surface area (Å²) in [5.74, 6) is 0. The van der Waals surface area contributed by atoms with Gasteiger partial charge in [-0.15, -0.1) is 0 Å². The molecule has 0 aliphatic carbocycles. The number of aryl methyl sites for hydroxylation is 3. The minimum atomic E-state index is 1.19. The van der Waals surface area contributed by atoms with Gasteiger partial charge in [-0.2, -0.15) is 0 Å². The fourth-order valence-corrected chi connectivity index (χ4v) is 5.38. The van der Waals surface area contributed by atoms with Crippen molar-refractivity contribution in [3.63, 3.8) is 0 Å². The third-order valence-electron chi connectivity index (χ3n) is 7.82. The van der Waals surface area contributed by atoms with Crippen LogP contribution in [0.5, 0.6) is 0 Å². The van der Waals surface area contributed by atoms with Crippen LogP contribution < -0.4 is 4.57 Å². The molecule has 0 saturated heterocycles. The van der Waals surface area contributed by atoms with Gasteiger partial charge in [0.1, 0.15) is 6.54 Å². The molecule has 0 amide bonds. The number of hydrogen-bond acceptors (Lipinski definition) is 0. The van der Waals surface area contributed by atoms with Gasteiger partial charge in [0.15, 0.2) is 12.4 Å². The average molecular weight is 487 g/mol. The van der Waals surface area contributed by atoms with E-state index in [0.29, 0.717) is 0 Å². The van der Waals surface area contributed by atoms with E-state index in [1.165, 1.54) is 167 Å². The quantitative estimate of drug-likeness (QED) is 0.0905. The molecule has 1 aromatic heterocycles. The molecule has 0 aromatic carbocycles. The second-order valence-corrected chi connectivity index (χ2v) is 11.3. The first-order valence-electron chi connectivity index (χ1n) is 16.3. The number of aromatic nitrogens is 1. The van der Waals surface area contributed by atoms with Crippen LogP contribution in [-0.2, 0) is 19.4 Å². The summed E-state index contributed by atoms with van der Waals surface area (Å²) in [6.07, 6.45) is 40.0. The highest BCUT2D eigenvalue weighted by molar-refractivity contribution is 5.21. The zero-order chi connectivity index (χ0) is 25.2. The topological polar surface area (TPSA) is 3.88 Å². The second kappa shape index (κ2) is 24.8. The van der Waals surface area contributed by atoms with Crippen molar-refractivity contribution >= 4 is 0 Å². The molecular formula is C34H64N+. The molecular weight excluding hydrogens is 422 g/mol. The predicted molar refractivity (Wildman–Crippen MR) is 157 cm³/mol. The molecule has 0 radical (unpaired) electrons. The molecule has 0 N–H and O–H groups in total. The Hall–Kier alpha value is -0.850. The molecule has 0 unspecified atom stereocenters. The van der Waals surface area contributed by atoms with Crippen LogP contribution in [0.15, 0.2) is 18.5 Å². The fourth-order valence-electron chi connectivity index (χ4n) is 5.38. The average Bonchev–Trinajstić information content (AvgIpc) is 2.87. The first-order valence-corrected chi connectivity index (χ1v) is 16.3. The molecule has 1 aromatic rings. The molecule has 1 heteroatoms. The highest BCUT2D eigenvalue weighted by Crippen LogP contribution is 2.17. The molecule has 0 fully saturated rings. The van der Waals surface area contributed by atoms with Crippen molar-refractivity contribution in [2.24, 2.45) is 0 Å². The largest absolute Gasteiger partial charge is 0.205 e. The van der Waals surface area contributed by atoms with Crippen molar-refractivity contribution in [2.75, 3.05) is 0 Å². The van der Waals surface area contributed by atoms with Gasteiger partial charge in [-0.1, -0.05) is 143 Å². The molecule has 0 atom stereocenters. The summed E-state index contributed by atoms with van der Waals surface area (Å²) in [6.45, 7) is 8.11. The van der Waals surface area contributed by atoms with Crippen LogP contribution in [0.4, 0.5) is 0 Å². The zero-order valence-electron chi connectivity index (χ0n) is 24.6. The monoisotopic (exact) mass is 487 g/mol. The van der Waals surface area contributed by atoms with Crippen LogP contribution in [0.2, 0.25) is 0 Å². The van der Waals surface area contributed by atoms with Gasteiger partial charge in [0.25, 0.3) is 0 Å². The normalized spacial score (nSPS) is 11.4. The lowest BCUT2D eigenvalue weighted by Crippen LogP contribution is -2.33. The van der Waals surface area contributed by atoms with Crippen LogP contribution >= 0.6 is 0 Å². The smallest absolute Gasteiger partial charge is 0.172 e. The van der Waals surface area contributed by atoms with Gasteiger partial charge < -0.3 is 0 Å². The summed E-state index contributed by atoms with van der Waals surface area (Å²) in [5, 5.41) is 0. The Bertz CT molecular complexity index is 564. The second-order valence-electron chi connectivity index (χ2n) is 11.3. The predicted octanol–water partition coefficient (Wildman–Crippen LogP) is 11.1. The first-order chi connectivity index (χ1) is 17.3. The summed E-state index contributed by atoms with van der Waals surface area (Å²) in [5.41, 5.74) is 3.30. The highest BCUT2D eigenvalue weighted by atomic mass is 14.9. The van der Waals surface area contributed by atoms with E-state index in [1.54, 1.807) is 11.1 Å². The number of hydrogen-bond donors (Lipinski definition) is 0. The lowest BCUT2D eigenvalue weighted by Gasteiger charge is -2.10. The molecule has 1 nitrogen and oxygen atoms in total. The van der Waals surface area contributed by atoms with E-state index in [1.807, 2.05) is 0 Å². The Labute approximate surface area is 221 Å². The Morgan fingerprint density at radius 1 is 0.429 bits per heavy atom. The van der Waals surface area contributed by atoms with Gasteiger partial charge >= 0.3 is 0 Å². The van der Waals surface area contributed by atoms with Crippen LogP contribution in [-0.4, -0.2) is 0 Å². The highest BCUT2D eigenvalue weighted by Gasteiger charge is 2.10. The Morgan fingerprint density at radius 3 is 1.26 bits per heavy atom. The molecule has 0 spiro atoms. The van der Waals surface area contributed by atoms with Crippen LogP contribution in [0.25, 0.3) is 0 Å². The summed E-state index contributed by atoms with van der Waals surface area (Å²) in [7, 11) is 0. The van der Waals surface area contributed by atoms with Gasteiger partial charge in [-0.3, -0.25) is 0 Å². The van der Waals surface area contributed by atoms with Crippen molar-refractivity contribution in [2.45, 2.75) is 188 Å². The van der Waals surface area contributed by atoms with E-state index >= 15 is 0 Å². The minimum absolute atomic E-state index is 1.19. The molecule has 0 saturated carbocycles. The lowest BCUT2D eigenvalue weighted by molar-refractivity contribution is -0.697. The molecule has 204 valence electrons. The van der Waals surface area contributed by atoms with Crippen LogP contribution in [0.3, 0.4) is 0 Å². The third kappa shape index (κ3) is 19.0. The van der Waals surface area contributed by atoms with Crippen molar-refractivity contribution in [3.8, 4) is 0 Å². The maximum atomic E-state index is 2.51. The Balaban J connectivity index is 2.31. The summed E-state index contributed by atoms with van der Waals surface area (Å²) < 4.78 is 2.48. The van der Waals surface area contributed by atoms with E-state index in [9.17, 15) is 0 Å². The maximum absolute atomic E-state index is 2.51. The van der Waals surface area contributed by atoms with E-state index in [0.717, 1.165) is 0 Å². The van der Waals surface area contributed by atoms with E-state index in [2.05, 4.69) is 43.8 Å². The van der Waals surface area contributed by atoms with Crippen LogP contribution in [0.1, 0.15) is 180 Å². The van der Waals surface area contributed by atoms with Gasteiger partial charge in [0.2, 0.25) is 0 Å². The fraction of sp³-hybridized carbons (Fsp3) is 0.853. The standard InChI is InChI=1S/C34H64N/c1-4-7-10-12-14-16-18-20-22-24-27-33-29-31-35(30-26-9-6-3)32-34(33)28-25-23-21-19-17-15-13-11-8-5-2/h29,31-32H,4-28,30H2,1-3H3/q+1. The zero-order valence-corrected chi connectivity index (χ0v) is 24.6. The molecule has 0 aliphatic heterocycles. The molecule has 35 heavy (non-hydrogen) atoms. The van der Waals surface area contributed by atoms with Gasteiger partial charge in [-0.25, -0.2) is 4.57 Å². The van der Waals surface area contributed by atoms with E-state index < -0.39 is 0 Å². The first kappa shape index (κ1) is 32.2. The number of nitrogens with zero attached hydrogens (tertiary/aromatic N) is 1. The molecule has 0 aliphatic rings. The van der Waals surface area contributed by atoms with E-state index in [-0.39, 0.29) is 0 Å². The number of unbranched alkanes of at least 4 members (excludes halogenated alkanes) is 20. The minimum Gasteiger partial charge on any atom is -0.205 e. The maximum Gasteiger partial charge on any atom is 0.172 e. The summed E-state index contributed by atoms with van der Waals surface area (Å²) in [6, 6.07) is 2.46. The van der Waals surface area contributed by atoms with Crippen molar-refractivity contribution in [3.05, 3.63) is 29.6 Å². The SMILES string of the molecule is CCCCCCCCCCCCc1cc[n+](CCCCC)cc1CCCCCCCCCCCC. The van der Waals surface area contributed by atoms with Crippen molar-refractivity contribution < 1.29 is 4.57 Å². The van der Waals surface area contributed by atoms with Gasteiger partial charge in [-0.05, 0) is 37.7 Å². The third-order valence-corrected chi connectivity index (χ3v) is 7.82. The molecule has 0 bridgehead atoms. The van der Waals surface area contributed by atoms with Crippen molar-refractivity contribution in [1.82, 2.24) is 0 Å². The van der Waals surface area contributed by atoms with Gasteiger partial charge in [0.05, 0.1) is 0 Å². The van der Waals surface area contributed by atoms with Crippen molar-refractivity contribution in [1.29, 1.82) is 0 Å². The number of rotatable bonds is 26. The summed E-state index contributed by atoms with van der Waals surface area (Å²) in [4.78, 5) is 0. The Morgan fingerprint density at radius 2 is 0.800 bits per heavy atom. The lowest BCUT2D eigenvalue weighted by atomic mass is 9.97.